The number of aromatic nitrogens is 3. The van der Waals surface area contributed by atoms with Crippen LogP contribution < -0.4 is 5.73 Å². The largest absolute Gasteiger partial charge is 0.506 e. The van der Waals surface area contributed by atoms with Crippen LogP contribution in [0.15, 0.2) is 24.4 Å². The molecule has 0 aliphatic heterocycles. The summed E-state index contributed by atoms with van der Waals surface area (Å²) in [5.41, 5.74) is 7.51. The Bertz CT molecular complexity index is 478. The Morgan fingerprint density at radius 3 is 2.87 bits per heavy atom. The average Bonchev–Trinajstić information content (AvgIpc) is 2.70. The monoisotopic (exact) mass is 204 g/mol. The molecule has 1 aromatic carbocycles. The van der Waals surface area contributed by atoms with Crippen molar-refractivity contribution >= 4 is 5.69 Å². The molecule has 0 aliphatic rings. The maximum atomic E-state index is 9.44. The summed E-state index contributed by atoms with van der Waals surface area (Å²) in [5.74, 6) is 0.0565. The van der Waals surface area contributed by atoms with Crippen LogP contribution >= 0.6 is 0 Å². The number of anilines is 1. The molecule has 5 heteroatoms. The zero-order chi connectivity index (χ0) is 10.8. The molecule has 2 aromatic rings. The topological polar surface area (TPSA) is 77.0 Å². The number of nitrogens with zero attached hydrogens (tertiary/aromatic N) is 3. The molecule has 0 amide bonds. The number of nitrogen functional groups attached to an aromatic ring is 1. The van der Waals surface area contributed by atoms with Crippen LogP contribution in [0.3, 0.4) is 0 Å². The molecule has 0 fully saturated rings. The van der Waals surface area contributed by atoms with Gasteiger partial charge in [-0.3, -0.25) is 0 Å². The van der Waals surface area contributed by atoms with Crippen LogP contribution in [-0.4, -0.2) is 20.1 Å². The minimum Gasteiger partial charge on any atom is -0.506 e. The first kappa shape index (κ1) is 9.51. The van der Waals surface area contributed by atoms with E-state index < -0.39 is 0 Å². The normalized spacial score (nSPS) is 10.5. The number of phenols is 1. The van der Waals surface area contributed by atoms with Crippen molar-refractivity contribution in [3.63, 3.8) is 0 Å². The minimum atomic E-state index is 0.0565. The van der Waals surface area contributed by atoms with Crippen LogP contribution in [0.1, 0.15) is 12.6 Å². The lowest BCUT2D eigenvalue weighted by Gasteiger charge is -2.02. The van der Waals surface area contributed by atoms with Crippen molar-refractivity contribution in [3.8, 4) is 11.4 Å². The summed E-state index contributed by atoms with van der Waals surface area (Å²) in [6.07, 6.45) is 2.66. The highest BCUT2D eigenvalue weighted by Gasteiger charge is 2.03. The van der Waals surface area contributed by atoms with E-state index in [9.17, 15) is 5.11 Å². The number of hydrogen-bond acceptors (Lipinski definition) is 4. The van der Waals surface area contributed by atoms with Crippen molar-refractivity contribution in [1.82, 2.24) is 15.0 Å². The van der Waals surface area contributed by atoms with Gasteiger partial charge in [0.2, 0.25) is 0 Å². The van der Waals surface area contributed by atoms with Gasteiger partial charge in [0.05, 0.1) is 23.3 Å². The van der Waals surface area contributed by atoms with E-state index in [2.05, 4.69) is 10.3 Å². The zero-order valence-electron chi connectivity index (χ0n) is 8.38. The number of aryl methyl sites for hydroxylation is 1. The van der Waals surface area contributed by atoms with Gasteiger partial charge in [0.1, 0.15) is 5.75 Å². The lowest BCUT2D eigenvalue weighted by molar-refractivity contribution is 0.477. The zero-order valence-corrected chi connectivity index (χ0v) is 8.38. The van der Waals surface area contributed by atoms with Crippen molar-refractivity contribution in [2.45, 2.75) is 13.3 Å². The van der Waals surface area contributed by atoms with Crippen LogP contribution in [0.5, 0.6) is 5.75 Å². The fourth-order valence-corrected chi connectivity index (χ4v) is 1.26. The highest BCUT2D eigenvalue weighted by atomic mass is 16.3. The Morgan fingerprint density at radius 1 is 1.47 bits per heavy atom. The van der Waals surface area contributed by atoms with Gasteiger partial charge in [0.25, 0.3) is 0 Å². The van der Waals surface area contributed by atoms with Gasteiger partial charge in [0, 0.05) is 6.07 Å². The standard InChI is InChI=1S/C10H12N4O/c1-2-7-6-14(13-12-7)8-3-4-9(11)10(15)5-8/h3-6,15H,2,11H2,1H3. The molecule has 0 saturated carbocycles. The molecule has 1 heterocycles. The van der Waals surface area contributed by atoms with Gasteiger partial charge in [-0.2, -0.15) is 0 Å². The van der Waals surface area contributed by atoms with E-state index in [1.54, 1.807) is 22.9 Å². The van der Waals surface area contributed by atoms with E-state index in [4.69, 9.17) is 5.73 Å². The van der Waals surface area contributed by atoms with Crippen LogP contribution in [0.25, 0.3) is 5.69 Å². The SMILES string of the molecule is CCc1cn(-c2ccc(N)c(O)c2)nn1. The summed E-state index contributed by atoms with van der Waals surface area (Å²) in [4.78, 5) is 0. The van der Waals surface area contributed by atoms with Crippen LogP contribution in [0, 0.1) is 0 Å². The first-order chi connectivity index (χ1) is 7.20. The second-order valence-corrected chi connectivity index (χ2v) is 3.25. The second-order valence-electron chi connectivity index (χ2n) is 3.25. The lowest BCUT2D eigenvalue weighted by atomic mass is 10.2. The maximum Gasteiger partial charge on any atom is 0.140 e. The molecule has 0 spiro atoms. The third-order valence-corrected chi connectivity index (χ3v) is 2.18. The Balaban J connectivity index is 2.40. The second kappa shape index (κ2) is 3.61. The number of phenolic OH excluding ortho intramolecular Hbond substituents is 1. The van der Waals surface area contributed by atoms with Crippen molar-refractivity contribution in [2.75, 3.05) is 5.73 Å². The van der Waals surface area contributed by atoms with Crippen molar-refractivity contribution in [1.29, 1.82) is 0 Å². The van der Waals surface area contributed by atoms with Crippen molar-refractivity contribution in [3.05, 3.63) is 30.1 Å². The number of aromatic hydroxyl groups is 1. The number of rotatable bonds is 2. The van der Waals surface area contributed by atoms with Gasteiger partial charge in [-0.05, 0) is 18.6 Å². The van der Waals surface area contributed by atoms with Crippen molar-refractivity contribution < 1.29 is 5.11 Å². The third kappa shape index (κ3) is 1.76. The molecule has 5 nitrogen and oxygen atoms in total. The molecule has 78 valence electrons. The predicted molar refractivity (Wildman–Crippen MR) is 56.8 cm³/mol. The molecule has 0 saturated heterocycles. The Morgan fingerprint density at radius 2 is 2.27 bits per heavy atom. The molecule has 0 radical (unpaired) electrons. The van der Waals surface area contributed by atoms with Gasteiger partial charge >= 0.3 is 0 Å². The van der Waals surface area contributed by atoms with Gasteiger partial charge < -0.3 is 10.8 Å². The first-order valence-electron chi connectivity index (χ1n) is 4.71. The fourth-order valence-electron chi connectivity index (χ4n) is 1.26. The van der Waals surface area contributed by atoms with E-state index in [-0.39, 0.29) is 5.75 Å². The summed E-state index contributed by atoms with van der Waals surface area (Å²) < 4.78 is 1.61. The van der Waals surface area contributed by atoms with E-state index in [1.165, 1.54) is 0 Å². The molecular weight excluding hydrogens is 192 g/mol. The molecule has 0 atom stereocenters. The van der Waals surface area contributed by atoms with E-state index in [1.807, 2.05) is 13.1 Å². The summed E-state index contributed by atoms with van der Waals surface area (Å²) in [6.45, 7) is 2.01. The average molecular weight is 204 g/mol. The molecule has 15 heavy (non-hydrogen) atoms. The summed E-state index contributed by atoms with van der Waals surface area (Å²) in [7, 11) is 0. The Kier molecular flexibility index (Phi) is 2.29. The Labute approximate surface area is 87.1 Å². The molecule has 0 bridgehead atoms. The number of hydrogen-bond donors (Lipinski definition) is 2. The molecule has 0 aliphatic carbocycles. The summed E-state index contributed by atoms with van der Waals surface area (Å²) >= 11 is 0. The van der Waals surface area contributed by atoms with Crippen LogP contribution in [0.2, 0.25) is 0 Å². The third-order valence-electron chi connectivity index (χ3n) is 2.18. The molecule has 0 unspecified atom stereocenters. The Hall–Kier alpha value is -2.04. The lowest BCUT2D eigenvalue weighted by Crippen LogP contribution is -1.95. The number of nitrogens with two attached hydrogens (primary N) is 1. The van der Waals surface area contributed by atoms with Gasteiger partial charge in [0.15, 0.2) is 0 Å². The molecule has 3 N–H and O–H groups in total. The van der Waals surface area contributed by atoms with Crippen LogP contribution in [-0.2, 0) is 6.42 Å². The van der Waals surface area contributed by atoms with Gasteiger partial charge in [-0.1, -0.05) is 12.1 Å². The van der Waals surface area contributed by atoms with E-state index in [0.29, 0.717) is 5.69 Å². The smallest absolute Gasteiger partial charge is 0.140 e. The van der Waals surface area contributed by atoms with Crippen LogP contribution in [0.4, 0.5) is 5.69 Å². The number of benzene rings is 1. The molecule has 1 aromatic heterocycles. The summed E-state index contributed by atoms with van der Waals surface area (Å²) in [5, 5.41) is 17.3. The van der Waals surface area contributed by atoms with Gasteiger partial charge in [-0.15, -0.1) is 5.10 Å². The molecular formula is C10H12N4O. The van der Waals surface area contributed by atoms with Crippen molar-refractivity contribution in [2.24, 2.45) is 0 Å². The van der Waals surface area contributed by atoms with E-state index in [0.717, 1.165) is 17.8 Å². The fraction of sp³-hybridized carbons (Fsp3) is 0.200. The highest BCUT2D eigenvalue weighted by Crippen LogP contribution is 2.22. The van der Waals surface area contributed by atoms with E-state index >= 15 is 0 Å². The predicted octanol–water partition coefficient (Wildman–Crippen LogP) is 1.12. The van der Waals surface area contributed by atoms with Gasteiger partial charge in [-0.25, -0.2) is 4.68 Å². The minimum absolute atomic E-state index is 0.0565. The quantitative estimate of drug-likeness (QED) is 0.567. The highest BCUT2D eigenvalue weighted by molar-refractivity contribution is 5.56. The maximum absolute atomic E-state index is 9.44. The summed E-state index contributed by atoms with van der Waals surface area (Å²) in [6, 6.07) is 4.98. The molecule has 2 rings (SSSR count). The first-order valence-corrected chi connectivity index (χ1v) is 4.71.